The zero-order valence-electron chi connectivity index (χ0n) is 31.1. The van der Waals surface area contributed by atoms with Gasteiger partial charge < -0.3 is 0 Å². The largest absolute Gasteiger partial charge is 0.277 e. The van der Waals surface area contributed by atoms with Crippen LogP contribution in [-0.2, 0) is 5.41 Å². The van der Waals surface area contributed by atoms with Crippen LogP contribution in [0, 0.1) is 0 Å². The van der Waals surface area contributed by atoms with Gasteiger partial charge in [0, 0.05) is 43.5 Å². The molecule has 262 valence electrons. The van der Waals surface area contributed by atoms with Crippen LogP contribution in [0.5, 0.6) is 0 Å². The first-order chi connectivity index (χ1) is 27.6. The fraction of sp³-hybridized carbons (Fsp3) is 0.0566. The smallest absolute Gasteiger partial charge is 0.235 e. The number of rotatable bonds is 3. The third-order valence-corrected chi connectivity index (χ3v) is 12.4. The van der Waals surface area contributed by atoms with E-state index in [9.17, 15) is 0 Å². The standard InChI is InChI=1S/C53H35N3/c1-53(2)45-26-13-12-21-39(45)40-29-28-34(31-46(40)53)36-24-14-25-43-47-41-22-10-8-19-37(41)38-20-9-11-23-42(38)51(47)56(50(36)43)52-54-48(33-16-4-3-5-17-33)44-30-27-32-15-6-7-18-35(32)49(44)55-52/h3-31H,1-2H3. The summed E-state index contributed by atoms with van der Waals surface area (Å²) in [5.41, 5.74) is 12.7. The fourth-order valence-corrected chi connectivity index (χ4v) is 9.80. The molecule has 0 saturated heterocycles. The highest BCUT2D eigenvalue weighted by Gasteiger charge is 2.35. The van der Waals surface area contributed by atoms with Crippen molar-refractivity contribution in [3.05, 3.63) is 187 Å². The molecule has 9 aromatic carbocycles. The van der Waals surface area contributed by atoms with Gasteiger partial charge in [0.15, 0.2) is 0 Å². The molecule has 0 N–H and O–H groups in total. The Bertz CT molecular complexity index is 3440. The number of benzene rings is 9. The summed E-state index contributed by atoms with van der Waals surface area (Å²) < 4.78 is 2.38. The van der Waals surface area contributed by atoms with Gasteiger partial charge >= 0.3 is 0 Å². The lowest BCUT2D eigenvalue weighted by molar-refractivity contribution is 0.660. The van der Waals surface area contributed by atoms with Crippen molar-refractivity contribution in [2.24, 2.45) is 0 Å². The molecular formula is C53H35N3. The van der Waals surface area contributed by atoms with E-state index in [2.05, 4.69) is 194 Å². The minimum absolute atomic E-state index is 0.123. The molecule has 0 unspecified atom stereocenters. The van der Waals surface area contributed by atoms with Crippen LogP contribution in [0.25, 0.3) is 104 Å². The van der Waals surface area contributed by atoms with E-state index in [0.717, 1.165) is 49.5 Å². The normalized spacial score (nSPS) is 13.3. The van der Waals surface area contributed by atoms with Crippen LogP contribution < -0.4 is 0 Å². The summed E-state index contributed by atoms with van der Waals surface area (Å²) in [6, 6.07) is 64.0. The lowest BCUT2D eigenvalue weighted by Crippen LogP contribution is -2.14. The van der Waals surface area contributed by atoms with Crippen molar-refractivity contribution < 1.29 is 0 Å². The van der Waals surface area contributed by atoms with E-state index in [1.807, 2.05) is 0 Å². The van der Waals surface area contributed by atoms with Gasteiger partial charge in [0.2, 0.25) is 5.95 Å². The first kappa shape index (κ1) is 31.3. The molecule has 0 atom stereocenters. The van der Waals surface area contributed by atoms with Crippen LogP contribution in [0.4, 0.5) is 0 Å². The van der Waals surface area contributed by atoms with Gasteiger partial charge in [-0.1, -0.05) is 178 Å². The van der Waals surface area contributed by atoms with Crippen LogP contribution in [-0.4, -0.2) is 14.5 Å². The van der Waals surface area contributed by atoms with E-state index in [4.69, 9.17) is 9.97 Å². The minimum atomic E-state index is -0.123. The minimum Gasteiger partial charge on any atom is -0.277 e. The van der Waals surface area contributed by atoms with Crippen molar-refractivity contribution in [3.8, 4) is 39.5 Å². The molecule has 2 aromatic heterocycles. The average molecular weight is 714 g/mol. The maximum absolute atomic E-state index is 5.61. The predicted molar refractivity (Wildman–Crippen MR) is 235 cm³/mol. The number of nitrogens with zero attached hydrogens (tertiary/aromatic N) is 3. The van der Waals surface area contributed by atoms with Crippen molar-refractivity contribution in [2.75, 3.05) is 0 Å². The van der Waals surface area contributed by atoms with Crippen molar-refractivity contribution in [3.63, 3.8) is 0 Å². The number of para-hydroxylation sites is 1. The molecule has 3 nitrogen and oxygen atoms in total. The third kappa shape index (κ3) is 4.23. The topological polar surface area (TPSA) is 30.7 Å². The summed E-state index contributed by atoms with van der Waals surface area (Å²) in [4.78, 5) is 11.2. The Labute approximate surface area is 324 Å². The Balaban J connectivity index is 1.28. The molecular weight excluding hydrogens is 679 g/mol. The van der Waals surface area contributed by atoms with Gasteiger partial charge in [0.25, 0.3) is 0 Å². The van der Waals surface area contributed by atoms with E-state index in [0.29, 0.717) is 5.95 Å². The van der Waals surface area contributed by atoms with E-state index in [1.165, 1.54) is 60.1 Å². The summed E-state index contributed by atoms with van der Waals surface area (Å²) in [5, 5.41) is 10.6. The molecule has 3 heteroatoms. The molecule has 0 fully saturated rings. The summed E-state index contributed by atoms with van der Waals surface area (Å²) in [5.74, 6) is 0.662. The van der Waals surface area contributed by atoms with Gasteiger partial charge in [-0.05, 0) is 61.5 Å². The molecule has 1 aliphatic rings. The summed E-state index contributed by atoms with van der Waals surface area (Å²) in [6.07, 6.45) is 0. The van der Waals surface area contributed by atoms with Gasteiger partial charge in [0.05, 0.1) is 22.2 Å². The molecule has 2 heterocycles. The second-order valence-corrected chi connectivity index (χ2v) is 15.7. The first-order valence-corrected chi connectivity index (χ1v) is 19.4. The van der Waals surface area contributed by atoms with Crippen LogP contribution in [0.15, 0.2) is 176 Å². The highest BCUT2D eigenvalue weighted by molar-refractivity contribution is 6.33. The Morgan fingerprint density at radius 1 is 0.411 bits per heavy atom. The van der Waals surface area contributed by atoms with E-state index in [-0.39, 0.29) is 5.41 Å². The Hall–Kier alpha value is -7.10. The maximum atomic E-state index is 5.61. The highest BCUT2D eigenvalue weighted by atomic mass is 15.2. The quantitative estimate of drug-likeness (QED) is 0.171. The number of hydrogen-bond acceptors (Lipinski definition) is 2. The van der Waals surface area contributed by atoms with Crippen molar-refractivity contribution in [2.45, 2.75) is 19.3 Å². The molecule has 1 aliphatic carbocycles. The highest BCUT2D eigenvalue weighted by Crippen LogP contribution is 2.51. The molecule has 0 aliphatic heterocycles. The van der Waals surface area contributed by atoms with Crippen molar-refractivity contribution in [1.29, 1.82) is 0 Å². The van der Waals surface area contributed by atoms with Gasteiger partial charge in [-0.2, -0.15) is 0 Å². The zero-order valence-corrected chi connectivity index (χ0v) is 31.1. The van der Waals surface area contributed by atoms with Crippen LogP contribution in [0.3, 0.4) is 0 Å². The molecule has 0 amide bonds. The Kier molecular flexibility index (Phi) is 6.40. The van der Waals surface area contributed by atoms with Gasteiger partial charge in [-0.25, -0.2) is 9.97 Å². The third-order valence-electron chi connectivity index (χ3n) is 12.4. The van der Waals surface area contributed by atoms with Crippen molar-refractivity contribution in [1.82, 2.24) is 14.5 Å². The fourth-order valence-electron chi connectivity index (χ4n) is 9.80. The molecule has 0 bridgehead atoms. The lowest BCUT2D eigenvalue weighted by atomic mass is 9.81. The van der Waals surface area contributed by atoms with E-state index in [1.54, 1.807) is 0 Å². The van der Waals surface area contributed by atoms with Crippen LogP contribution in [0.2, 0.25) is 0 Å². The second-order valence-electron chi connectivity index (χ2n) is 15.7. The maximum Gasteiger partial charge on any atom is 0.235 e. The second kappa shape index (κ2) is 11.5. The van der Waals surface area contributed by atoms with Crippen molar-refractivity contribution >= 4 is 65.0 Å². The first-order valence-electron chi connectivity index (χ1n) is 19.4. The number of aromatic nitrogens is 3. The van der Waals surface area contributed by atoms with E-state index >= 15 is 0 Å². The van der Waals surface area contributed by atoms with Gasteiger partial charge in [-0.3, -0.25) is 4.57 Å². The lowest BCUT2D eigenvalue weighted by Gasteiger charge is -2.22. The summed E-state index contributed by atoms with van der Waals surface area (Å²) in [7, 11) is 0. The Morgan fingerprint density at radius 2 is 1.05 bits per heavy atom. The Morgan fingerprint density at radius 3 is 1.89 bits per heavy atom. The monoisotopic (exact) mass is 713 g/mol. The van der Waals surface area contributed by atoms with Crippen LogP contribution in [0.1, 0.15) is 25.0 Å². The molecule has 0 saturated carbocycles. The molecule has 0 spiro atoms. The SMILES string of the molecule is CC1(C)c2ccccc2-c2ccc(-c3cccc4c5c6ccccc6c6ccccc6c5n(-c5nc(-c6ccccc6)c6ccc7ccccc7c6n5)c34)cc21. The zero-order chi connectivity index (χ0) is 37.1. The molecule has 0 radical (unpaired) electrons. The van der Waals surface area contributed by atoms with E-state index < -0.39 is 0 Å². The number of fused-ring (bicyclic) bond motifs is 14. The average Bonchev–Trinajstić information content (AvgIpc) is 3.73. The van der Waals surface area contributed by atoms with Gasteiger partial charge in [0.1, 0.15) is 0 Å². The van der Waals surface area contributed by atoms with Gasteiger partial charge in [-0.15, -0.1) is 0 Å². The molecule has 56 heavy (non-hydrogen) atoms. The number of hydrogen-bond donors (Lipinski definition) is 0. The molecule has 11 aromatic rings. The summed E-state index contributed by atoms with van der Waals surface area (Å²) >= 11 is 0. The predicted octanol–water partition coefficient (Wildman–Crippen LogP) is 13.8. The molecule has 12 rings (SSSR count). The summed E-state index contributed by atoms with van der Waals surface area (Å²) in [6.45, 7) is 4.71. The van der Waals surface area contributed by atoms with Crippen LogP contribution >= 0.6 is 0 Å².